The second kappa shape index (κ2) is 8.88. The first-order valence-corrected chi connectivity index (χ1v) is 10.9. The first kappa shape index (κ1) is 21.6. The van der Waals surface area contributed by atoms with Crippen LogP contribution in [0.2, 0.25) is 0 Å². The van der Waals surface area contributed by atoms with Gasteiger partial charge in [-0.05, 0) is 61.4 Å². The van der Waals surface area contributed by atoms with Gasteiger partial charge < -0.3 is 9.64 Å². The number of hydrogen-bond donors (Lipinski definition) is 1. The summed E-state index contributed by atoms with van der Waals surface area (Å²) < 4.78 is 4.97. The maximum atomic E-state index is 12.6. The Balaban J connectivity index is 1.41. The molecule has 1 atom stereocenters. The zero-order chi connectivity index (χ0) is 22.8. The second-order valence-corrected chi connectivity index (χ2v) is 8.70. The highest BCUT2D eigenvalue weighted by Gasteiger charge is 2.34. The zero-order valence-corrected chi connectivity index (χ0v) is 18.7. The molecule has 0 aliphatic carbocycles. The van der Waals surface area contributed by atoms with Gasteiger partial charge in [0.15, 0.2) is 0 Å². The van der Waals surface area contributed by atoms with E-state index in [1.807, 2.05) is 32.0 Å². The highest BCUT2D eigenvalue weighted by Crippen LogP contribution is 2.34. The van der Waals surface area contributed by atoms with E-state index < -0.39 is 5.97 Å². The number of nitrogens with one attached hydrogen (secondary N) is 1. The lowest BCUT2D eigenvalue weighted by Crippen LogP contribution is -2.24. The number of aromatic nitrogens is 2. The minimum Gasteiger partial charge on any atom is -0.427 e. The molecule has 9 heteroatoms. The van der Waals surface area contributed by atoms with Gasteiger partial charge in [-0.3, -0.25) is 19.7 Å². The van der Waals surface area contributed by atoms with E-state index in [-0.39, 0.29) is 17.7 Å². The lowest BCUT2D eigenvalue weighted by Gasteiger charge is -2.17. The summed E-state index contributed by atoms with van der Waals surface area (Å²) in [6, 6.07) is 12.2. The van der Waals surface area contributed by atoms with Gasteiger partial charge in [-0.2, -0.15) is 0 Å². The van der Waals surface area contributed by atoms with Gasteiger partial charge in [0, 0.05) is 37.1 Å². The molecule has 0 spiro atoms. The standard InChI is InChI=1S/C23H22N4O4S/c1-13-4-7-18(10-14(13)2)27-12-17(11-20(27)29)22-25-26-23(32-22)24-21(30)16-5-8-19(9-6-16)31-15(3)28/h4-10,17H,11-12H2,1-3H3,(H,24,26,30). The Kier molecular flexibility index (Phi) is 6.00. The third-order valence-electron chi connectivity index (χ3n) is 5.32. The topological polar surface area (TPSA) is 101 Å². The molecule has 3 aromatic rings. The van der Waals surface area contributed by atoms with E-state index in [2.05, 4.69) is 15.5 Å². The van der Waals surface area contributed by atoms with Gasteiger partial charge in [-0.25, -0.2) is 0 Å². The number of anilines is 2. The molecular weight excluding hydrogens is 428 g/mol. The van der Waals surface area contributed by atoms with Crippen molar-refractivity contribution in [1.82, 2.24) is 10.2 Å². The SMILES string of the molecule is CC(=O)Oc1ccc(C(=O)Nc2nnc(C3CC(=O)N(c4ccc(C)c(C)c4)C3)s2)cc1. The molecule has 2 aromatic carbocycles. The molecule has 4 rings (SSSR count). The zero-order valence-electron chi connectivity index (χ0n) is 17.9. The molecule has 0 radical (unpaired) electrons. The van der Waals surface area contributed by atoms with Crippen LogP contribution in [0, 0.1) is 13.8 Å². The molecule has 2 heterocycles. The number of carbonyl (C=O) groups excluding carboxylic acids is 3. The molecule has 1 aromatic heterocycles. The number of esters is 1. The highest BCUT2D eigenvalue weighted by molar-refractivity contribution is 7.15. The lowest BCUT2D eigenvalue weighted by atomic mass is 10.1. The number of ether oxygens (including phenoxy) is 1. The summed E-state index contributed by atoms with van der Waals surface area (Å²) >= 11 is 1.27. The van der Waals surface area contributed by atoms with Crippen LogP contribution in [-0.4, -0.2) is 34.5 Å². The molecular formula is C23H22N4O4S. The van der Waals surface area contributed by atoms with Crippen LogP contribution in [0.1, 0.15) is 45.8 Å². The third kappa shape index (κ3) is 4.67. The molecule has 0 bridgehead atoms. The van der Waals surface area contributed by atoms with Crippen molar-refractivity contribution < 1.29 is 19.1 Å². The maximum absolute atomic E-state index is 12.6. The number of carbonyl (C=O) groups is 3. The van der Waals surface area contributed by atoms with Crippen molar-refractivity contribution in [1.29, 1.82) is 0 Å². The Morgan fingerprint density at radius 2 is 1.84 bits per heavy atom. The van der Waals surface area contributed by atoms with Crippen molar-refractivity contribution >= 4 is 39.9 Å². The summed E-state index contributed by atoms with van der Waals surface area (Å²) in [6.07, 6.45) is 0.354. The van der Waals surface area contributed by atoms with Gasteiger partial charge >= 0.3 is 5.97 Å². The molecule has 0 saturated carbocycles. The molecule has 164 valence electrons. The Morgan fingerprint density at radius 3 is 2.53 bits per heavy atom. The largest absolute Gasteiger partial charge is 0.427 e. The summed E-state index contributed by atoms with van der Waals surface area (Å²) in [4.78, 5) is 37.9. The van der Waals surface area contributed by atoms with Crippen LogP contribution < -0.4 is 15.0 Å². The van der Waals surface area contributed by atoms with Crippen molar-refractivity contribution in [2.45, 2.75) is 33.1 Å². The average Bonchev–Trinajstić information content (AvgIpc) is 3.36. The fourth-order valence-corrected chi connectivity index (χ4v) is 4.31. The third-order valence-corrected chi connectivity index (χ3v) is 6.32. The average molecular weight is 451 g/mol. The minimum atomic E-state index is -0.426. The first-order chi connectivity index (χ1) is 15.3. The Hall–Kier alpha value is -3.59. The van der Waals surface area contributed by atoms with E-state index in [1.165, 1.54) is 23.8 Å². The van der Waals surface area contributed by atoms with Crippen LogP contribution >= 0.6 is 11.3 Å². The molecule has 32 heavy (non-hydrogen) atoms. The van der Waals surface area contributed by atoms with Crippen molar-refractivity contribution in [3.63, 3.8) is 0 Å². The van der Waals surface area contributed by atoms with Gasteiger partial charge in [-0.1, -0.05) is 17.4 Å². The van der Waals surface area contributed by atoms with Crippen molar-refractivity contribution in [2.75, 3.05) is 16.8 Å². The summed E-state index contributed by atoms with van der Waals surface area (Å²) in [7, 11) is 0. The molecule has 1 saturated heterocycles. The van der Waals surface area contributed by atoms with Crippen LogP contribution in [0.4, 0.5) is 10.8 Å². The van der Waals surface area contributed by atoms with E-state index in [0.717, 1.165) is 11.3 Å². The summed E-state index contributed by atoms with van der Waals surface area (Å²) in [5.74, 6) is -0.431. The Morgan fingerprint density at radius 1 is 1.09 bits per heavy atom. The van der Waals surface area contributed by atoms with Gasteiger partial charge in [0.05, 0.1) is 0 Å². The predicted molar refractivity (Wildman–Crippen MR) is 121 cm³/mol. The van der Waals surface area contributed by atoms with Gasteiger partial charge in [0.1, 0.15) is 10.8 Å². The number of amides is 2. The molecule has 1 fully saturated rings. The molecule has 2 amide bonds. The number of benzene rings is 2. The summed E-state index contributed by atoms with van der Waals surface area (Å²) in [6.45, 7) is 5.91. The summed E-state index contributed by atoms with van der Waals surface area (Å²) in [5.41, 5.74) is 3.61. The molecule has 8 nitrogen and oxygen atoms in total. The van der Waals surface area contributed by atoms with Crippen LogP contribution in [0.5, 0.6) is 5.75 Å². The van der Waals surface area contributed by atoms with Gasteiger partial charge in [-0.15, -0.1) is 10.2 Å². The summed E-state index contributed by atoms with van der Waals surface area (Å²) in [5, 5.41) is 12.1. The number of aryl methyl sites for hydroxylation is 2. The maximum Gasteiger partial charge on any atom is 0.308 e. The monoisotopic (exact) mass is 450 g/mol. The minimum absolute atomic E-state index is 0.0481. The number of hydrogen-bond acceptors (Lipinski definition) is 7. The fourth-order valence-electron chi connectivity index (χ4n) is 3.48. The first-order valence-electron chi connectivity index (χ1n) is 10.1. The quantitative estimate of drug-likeness (QED) is 0.468. The van der Waals surface area contributed by atoms with E-state index in [4.69, 9.17) is 4.74 Å². The number of rotatable bonds is 5. The molecule has 1 unspecified atom stereocenters. The van der Waals surface area contributed by atoms with Crippen LogP contribution in [0.25, 0.3) is 0 Å². The van der Waals surface area contributed by atoms with E-state index in [0.29, 0.717) is 34.4 Å². The van der Waals surface area contributed by atoms with Crippen molar-refractivity contribution in [3.8, 4) is 5.75 Å². The normalized spacial score (nSPS) is 15.7. The molecule has 1 N–H and O–H groups in total. The van der Waals surface area contributed by atoms with Gasteiger partial charge in [0.25, 0.3) is 5.91 Å². The van der Waals surface area contributed by atoms with E-state index in [1.54, 1.807) is 29.2 Å². The van der Waals surface area contributed by atoms with E-state index in [9.17, 15) is 14.4 Å². The fraction of sp³-hybridized carbons (Fsp3) is 0.261. The second-order valence-electron chi connectivity index (χ2n) is 7.69. The van der Waals surface area contributed by atoms with Crippen LogP contribution in [-0.2, 0) is 9.59 Å². The number of nitrogens with zero attached hydrogens (tertiary/aromatic N) is 3. The van der Waals surface area contributed by atoms with Crippen LogP contribution in [0.3, 0.4) is 0 Å². The smallest absolute Gasteiger partial charge is 0.308 e. The van der Waals surface area contributed by atoms with E-state index >= 15 is 0 Å². The van der Waals surface area contributed by atoms with Crippen molar-refractivity contribution in [3.05, 3.63) is 64.2 Å². The molecule has 1 aliphatic heterocycles. The lowest BCUT2D eigenvalue weighted by molar-refractivity contribution is -0.131. The predicted octanol–water partition coefficient (Wildman–Crippen LogP) is 3.85. The van der Waals surface area contributed by atoms with Crippen LogP contribution in [0.15, 0.2) is 42.5 Å². The van der Waals surface area contributed by atoms with Gasteiger partial charge in [0.2, 0.25) is 11.0 Å². The highest BCUT2D eigenvalue weighted by atomic mass is 32.1. The molecule has 1 aliphatic rings. The Bertz CT molecular complexity index is 1190. The Labute approximate surface area is 189 Å². The van der Waals surface area contributed by atoms with Crippen molar-refractivity contribution in [2.24, 2.45) is 0 Å².